The minimum atomic E-state index is -0.368. The number of hydrogen-bond acceptors (Lipinski definition) is 6. The summed E-state index contributed by atoms with van der Waals surface area (Å²) < 4.78 is 12.0. The SMILES string of the molecule is N#CCCOC12CC3CC(C1)C(Nc1c(C(=O)OCc4ccccc4)cnc4[nH]ccc14)C(C3)C2. The van der Waals surface area contributed by atoms with Crippen molar-refractivity contribution < 1.29 is 14.3 Å². The quantitative estimate of drug-likeness (QED) is 0.346. The van der Waals surface area contributed by atoms with Crippen molar-refractivity contribution in [2.45, 2.75) is 56.8 Å². The lowest BCUT2D eigenvalue weighted by Gasteiger charge is -2.59. The molecule has 1 aromatic carbocycles. The summed E-state index contributed by atoms with van der Waals surface area (Å²) >= 11 is 0. The molecule has 7 heteroatoms. The van der Waals surface area contributed by atoms with Crippen molar-refractivity contribution in [2.75, 3.05) is 11.9 Å². The second kappa shape index (κ2) is 9.01. The van der Waals surface area contributed by atoms with Gasteiger partial charge in [-0.3, -0.25) is 0 Å². The first-order valence-electron chi connectivity index (χ1n) is 12.6. The fraction of sp³-hybridized carbons (Fsp3) is 0.464. The van der Waals surface area contributed by atoms with Crippen molar-refractivity contribution in [1.82, 2.24) is 9.97 Å². The summed E-state index contributed by atoms with van der Waals surface area (Å²) in [4.78, 5) is 20.8. The maximum atomic E-state index is 13.2. The molecule has 2 atom stereocenters. The molecule has 2 aromatic heterocycles. The smallest absolute Gasteiger partial charge is 0.342 e. The van der Waals surface area contributed by atoms with Crippen LogP contribution in [0.1, 0.15) is 54.4 Å². The number of carbonyl (C=O) groups excluding carboxylic acids is 1. The van der Waals surface area contributed by atoms with Crippen LogP contribution in [0.3, 0.4) is 0 Å². The number of nitrogens with zero attached hydrogens (tertiary/aromatic N) is 2. The first-order valence-corrected chi connectivity index (χ1v) is 12.6. The third kappa shape index (κ3) is 4.17. The van der Waals surface area contributed by atoms with Crippen LogP contribution in [0, 0.1) is 29.1 Å². The maximum Gasteiger partial charge on any atom is 0.342 e. The Morgan fingerprint density at radius 2 is 1.97 bits per heavy atom. The lowest BCUT2D eigenvalue weighted by Crippen LogP contribution is -2.60. The summed E-state index contributed by atoms with van der Waals surface area (Å²) in [6.45, 7) is 0.746. The molecule has 7 nitrogen and oxygen atoms in total. The summed E-state index contributed by atoms with van der Waals surface area (Å²) in [6, 6.07) is 14.2. The lowest BCUT2D eigenvalue weighted by molar-refractivity contribution is -0.165. The molecular weight excluding hydrogens is 440 g/mol. The Labute approximate surface area is 204 Å². The van der Waals surface area contributed by atoms with Gasteiger partial charge in [0.1, 0.15) is 17.8 Å². The van der Waals surface area contributed by atoms with Crippen molar-refractivity contribution in [3.63, 3.8) is 0 Å². The third-order valence-electron chi connectivity index (χ3n) is 8.17. The summed E-state index contributed by atoms with van der Waals surface area (Å²) in [5.41, 5.74) is 2.92. The molecule has 4 fully saturated rings. The average Bonchev–Trinajstić information content (AvgIpc) is 3.34. The summed E-state index contributed by atoms with van der Waals surface area (Å²) in [7, 11) is 0. The Kier molecular flexibility index (Phi) is 5.69. The topological polar surface area (TPSA) is 100 Å². The number of ether oxygens (including phenoxy) is 2. The van der Waals surface area contributed by atoms with E-state index in [0.29, 0.717) is 36.3 Å². The molecule has 0 radical (unpaired) electrons. The van der Waals surface area contributed by atoms with E-state index in [1.165, 1.54) is 12.8 Å². The Bertz CT molecular complexity index is 1250. The molecule has 35 heavy (non-hydrogen) atoms. The molecule has 4 saturated carbocycles. The van der Waals surface area contributed by atoms with Gasteiger partial charge in [0.15, 0.2) is 0 Å². The first kappa shape index (κ1) is 22.1. The van der Waals surface area contributed by atoms with E-state index in [9.17, 15) is 4.79 Å². The maximum absolute atomic E-state index is 13.2. The minimum absolute atomic E-state index is 0.0787. The number of fused-ring (bicyclic) bond motifs is 1. The first-order chi connectivity index (χ1) is 17.1. The molecule has 4 aliphatic carbocycles. The number of aromatic nitrogens is 2. The number of aromatic amines is 1. The van der Waals surface area contributed by atoms with Crippen LogP contribution in [0.5, 0.6) is 0 Å². The predicted molar refractivity (Wildman–Crippen MR) is 132 cm³/mol. The van der Waals surface area contributed by atoms with Crippen LogP contribution in [0.2, 0.25) is 0 Å². The Balaban J connectivity index is 1.25. The highest BCUT2D eigenvalue weighted by Crippen LogP contribution is 2.58. The van der Waals surface area contributed by atoms with Gasteiger partial charge >= 0.3 is 5.97 Å². The van der Waals surface area contributed by atoms with Gasteiger partial charge < -0.3 is 19.8 Å². The van der Waals surface area contributed by atoms with Crippen molar-refractivity contribution in [3.8, 4) is 6.07 Å². The van der Waals surface area contributed by atoms with E-state index >= 15 is 0 Å². The molecule has 180 valence electrons. The number of esters is 1. The number of anilines is 1. The van der Waals surface area contributed by atoms with Crippen LogP contribution in [0.15, 0.2) is 48.8 Å². The number of carbonyl (C=O) groups is 1. The molecule has 0 spiro atoms. The van der Waals surface area contributed by atoms with Crippen LogP contribution in [-0.4, -0.2) is 34.2 Å². The predicted octanol–water partition coefficient (Wildman–Crippen LogP) is 5.21. The molecule has 0 saturated heterocycles. The van der Waals surface area contributed by atoms with E-state index in [-0.39, 0.29) is 24.2 Å². The fourth-order valence-electron chi connectivity index (χ4n) is 6.96. The van der Waals surface area contributed by atoms with Crippen LogP contribution >= 0.6 is 0 Å². The second-order valence-corrected chi connectivity index (χ2v) is 10.4. The van der Waals surface area contributed by atoms with E-state index in [4.69, 9.17) is 14.7 Å². The Morgan fingerprint density at radius 3 is 2.74 bits per heavy atom. The Morgan fingerprint density at radius 1 is 1.17 bits per heavy atom. The number of H-pyrrole nitrogens is 1. The van der Waals surface area contributed by atoms with Crippen molar-refractivity contribution in [1.29, 1.82) is 5.26 Å². The average molecular weight is 471 g/mol. The third-order valence-corrected chi connectivity index (χ3v) is 8.17. The molecule has 2 unspecified atom stereocenters. The monoisotopic (exact) mass is 470 g/mol. The highest BCUT2D eigenvalue weighted by Gasteiger charge is 2.56. The van der Waals surface area contributed by atoms with Crippen LogP contribution < -0.4 is 5.32 Å². The largest absolute Gasteiger partial charge is 0.457 e. The normalized spacial score (nSPS) is 28.7. The molecule has 0 amide bonds. The summed E-state index contributed by atoms with van der Waals surface area (Å²) in [6.07, 6.45) is 9.44. The number of rotatable bonds is 8. The zero-order chi connectivity index (χ0) is 23.8. The summed E-state index contributed by atoms with van der Waals surface area (Å²) in [5, 5.41) is 13.7. The van der Waals surface area contributed by atoms with Crippen LogP contribution in [0.4, 0.5) is 5.69 Å². The molecule has 4 bridgehead atoms. The van der Waals surface area contributed by atoms with Gasteiger partial charge in [-0.25, -0.2) is 9.78 Å². The van der Waals surface area contributed by atoms with Crippen LogP contribution in [0.25, 0.3) is 11.0 Å². The van der Waals surface area contributed by atoms with Crippen molar-refractivity contribution in [2.24, 2.45) is 17.8 Å². The number of nitriles is 1. The number of hydrogen-bond donors (Lipinski definition) is 2. The minimum Gasteiger partial charge on any atom is -0.457 e. The van der Waals surface area contributed by atoms with E-state index in [1.54, 1.807) is 6.20 Å². The van der Waals surface area contributed by atoms with E-state index in [2.05, 4.69) is 21.4 Å². The molecule has 3 aromatic rings. The van der Waals surface area contributed by atoms with Gasteiger partial charge in [0.25, 0.3) is 0 Å². The van der Waals surface area contributed by atoms with Crippen molar-refractivity contribution in [3.05, 3.63) is 59.9 Å². The number of nitrogens with one attached hydrogen (secondary N) is 2. The molecule has 2 heterocycles. The van der Waals surface area contributed by atoms with Gasteiger partial charge in [0.2, 0.25) is 0 Å². The zero-order valence-electron chi connectivity index (χ0n) is 19.7. The van der Waals surface area contributed by atoms with Gasteiger partial charge in [-0.1, -0.05) is 30.3 Å². The van der Waals surface area contributed by atoms with Gasteiger partial charge in [-0.2, -0.15) is 5.26 Å². The molecule has 2 N–H and O–H groups in total. The molecule has 7 rings (SSSR count). The van der Waals surface area contributed by atoms with E-state index in [1.807, 2.05) is 42.6 Å². The number of benzene rings is 1. The van der Waals surface area contributed by atoms with Gasteiger partial charge in [0.05, 0.1) is 30.4 Å². The summed E-state index contributed by atoms with van der Waals surface area (Å²) in [5.74, 6) is 1.29. The standard InChI is InChI=1S/C28H30N4O3/c29-8-4-10-35-28-13-19-11-20(14-28)24(21(12-19)15-28)32-25-22-7-9-30-26(22)31-16-23(25)27(33)34-17-18-5-2-1-3-6-18/h1-3,5-7,9,16,19-21,24H,4,10-15,17H2,(H2,30,31,32). The fourth-order valence-corrected chi connectivity index (χ4v) is 6.96. The van der Waals surface area contributed by atoms with Gasteiger partial charge in [-0.15, -0.1) is 0 Å². The van der Waals surface area contributed by atoms with E-state index in [0.717, 1.165) is 41.5 Å². The molecule has 4 aliphatic rings. The van der Waals surface area contributed by atoms with E-state index < -0.39 is 0 Å². The molecule has 0 aliphatic heterocycles. The van der Waals surface area contributed by atoms with Crippen molar-refractivity contribution >= 4 is 22.7 Å². The number of pyridine rings is 1. The highest BCUT2D eigenvalue weighted by molar-refractivity contribution is 6.04. The second-order valence-electron chi connectivity index (χ2n) is 10.4. The zero-order valence-corrected chi connectivity index (χ0v) is 19.7. The van der Waals surface area contributed by atoms with Gasteiger partial charge in [0, 0.05) is 23.8 Å². The van der Waals surface area contributed by atoms with Gasteiger partial charge in [-0.05, 0) is 61.5 Å². The van der Waals surface area contributed by atoms with Crippen LogP contribution in [-0.2, 0) is 16.1 Å². The lowest BCUT2D eigenvalue weighted by atomic mass is 9.52. The Hall–Kier alpha value is -3.37. The molecular formula is C28H30N4O3. The highest BCUT2D eigenvalue weighted by atomic mass is 16.5.